The Labute approximate surface area is 200 Å². The van der Waals surface area contributed by atoms with E-state index in [0.29, 0.717) is 22.1 Å². The fourth-order valence-corrected chi connectivity index (χ4v) is 4.59. The van der Waals surface area contributed by atoms with Crippen LogP contribution in [0.15, 0.2) is 82.7 Å². The summed E-state index contributed by atoms with van der Waals surface area (Å²) in [4.78, 5) is 13.4. The molecule has 0 spiro atoms. The van der Waals surface area contributed by atoms with Crippen LogP contribution < -0.4 is 10.3 Å². The van der Waals surface area contributed by atoms with E-state index in [2.05, 4.69) is 10.2 Å². The van der Waals surface area contributed by atoms with Gasteiger partial charge in [0.2, 0.25) is 5.78 Å². The lowest BCUT2D eigenvalue weighted by Crippen LogP contribution is -2.22. The molecule has 172 valence electrons. The van der Waals surface area contributed by atoms with Crippen LogP contribution in [-0.2, 0) is 0 Å². The maximum atomic E-state index is 13.4. The third-order valence-corrected chi connectivity index (χ3v) is 6.63. The predicted octanol–water partition coefficient (Wildman–Crippen LogP) is 4.18. The first-order valence-corrected chi connectivity index (χ1v) is 12.0. The quantitative estimate of drug-likeness (QED) is 0.358. The summed E-state index contributed by atoms with van der Waals surface area (Å²) in [5, 5.41) is 20.4. The number of aryl methyl sites for hydroxylation is 2. The first-order chi connectivity index (χ1) is 16.5. The number of fused-ring (bicyclic) bond motifs is 3. The Bertz CT molecular complexity index is 1510. The molecule has 5 rings (SSSR count). The number of ether oxygens (including phenoxy) is 1. The minimum atomic E-state index is -0.701. The number of para-hydroxylation sites is 1. The molecular weight excluding hydrogens is 448 g/mol. The monoisotopic (exact) mass is 472 g/mol. The Morgan fingerprint density at radius 3 is 2.35 bits per heavy atom. The van der Waals surface area contributed by atoms with E-state index in [1.54, 1.807) is 10.6 Å². The Kier molecular flexibility index (Phi) is 6.08. The van der Waals surface area contributed by atoms with Gasteiger partial charge in [-0.05, 0) is 50.2 Å². The molecule has 1 N–H and O–H groups in total. The van der Waals surface area contributed by atoms with Crippen molar-refractivity contribution in [1.82, 2.24) is 19.2 Å². The molecule has 0 amide bonds. The van der Waals surface area contributed by atoms with E-state index < -0.39 is 6.10 Å². The molecule has 0 bridgehead atoms. The number of benzene rings is 3. The predicted molar refractivity (Wildman–Crippen MR) is 134 cm³/mol. The smallest absolute Gasteiger partial charge is 0.267 e. The van der Waals surface area contributed by atoms with Gasteiger partial charge in [0.15, 0.2) is 5.16 Å². The number of hydrogen-bond donors (Lipinski definition) is 1. The molecule has 0 fully saturated rings. The Morgan fingerprint density at radius 2 is 1.62 bits per heavy atom. The van der Waals surface area contributed by atoms with Gasteiger partial charge in [0.1, 0.15) is 12.4 Å². The van der Waals surface area contributed by atoms with E-state index in [9.17, 15) is 9.90 Å². The van der Waals surface area contributed by atoms with Crippen LogP contribution in [0.3, 0.4) is 0 Å². The number of thioether (sulfide) groups is 1. The Balaban J connectivity index is 1.46. The number of nitrogens with zero attached hydrogens (tertiary/aromatic N) is 4. The lowest BCUT2D eigenvalue weighted by atomic mass is 10.2. The summed E-state index contributed by atoms with van der Waals surface area (Å²) in [6.07, 6.45) is -0.701. The first-order valence-electron chi connectivity index (χ1n) is 11.0. The van der Waals surface area contributed by atoms with E-state index in [-0.39, 0.29) is 12.2 Å². The zero-order chi connectivity index (χ0) is 23.7. The SMILES string of the molecule is Cc1ccc(OCC(O)CSc2nnc3n(-c4ccc(C)cc4)c(=O)c4ccccc4n23)cc1. The lowest BCUT2D eigenvalue weighted by Gasteiger charge is -2.13. The average Bonchev–Trinajstić information content (AvgIpc) is 3.27. The van der Waals surface area contributed by atoms with Crippen LogP contribution in [0, 0.1) is 13.8 Å². The van der Waals surface area contributed by atoms with Crippen LogP contribution in [0.1, 0.15) is 11.1 Å². The van der Waals surface area contributed by atoms with Crippen molar-refractivity contribution in [3.8, 4) is 11.4 Å². The molecule has 34 heavy (non-hydrogen) atoms. The van der Waals surface area contributed by atoms with Gasteiger partial charge in [-0.25, -0.2) is 4.57 Å². The highest BCUT2D eigenvalue weighted by Crippen LogP contribution is 2.24. The summed E-state index contributed by atoms with van der Waals surface area (Å²) >= 11 is 1.37. The summed E-state index contributed by atoms with van der Waals surface area (Å²) in [6.45, 7) is 4.18. The number of aliphatic hydroxyl groups is 1. The molecule has 7 nitrogen and oxygen atoms in total. The van der Waals surface area contributed by atoms with Crippen molar-refractivity contribution in [3.05, 3.63) is 94.3 Å². The van der Waals surface area contributed by atoms with Crippen LogP contribution in [0.2, 0.25) is 0 Å². The van der Waals surface area contributed by atoms with Crippen molar-refractivity contribution in [2.45, 2.75) is 25.1 Å². The molecule has 0 aliphatic heterocycles. The normalized spacial score (nSPS) is 12.3. The maximum absolute atomic E-state index is 13.4. The molecule has 3 aromatic carbocycles. The zero-order valence-corrected chi connectivity index (χ0v) is 19.7. The summed E-state index contributed by atoms with van der Waals surface area (Å²) < 4.78 is 9.15. The topological polar surface area (TPSA) is 81.7 Å². The second-order valence-corrected chi connectivity index (χ2v) is 9.19. The third-order valence-electron chi connectivity index (χ3n) is 5.56. The summed E-state index contributed by atoms with van der Waals surface area (Å²) in [5.41, 5.74) is 3.56. The molecule has 5 aromatic rings. The van der Waals surface area contributed by atoms with Crippen LogP contribution >= 0.6 is 11.8 Å². The average molecular weight is 473 g/mol. The first kappa shape index (κ1) is 22.2. The van der Waals surface area contributed by atoms with Gasteiger partial charge in [-0.3, -0.25) is 9.20 Å². The second kappa shape index (κ2) is 9.32. The van der Waals surface area contributed by atoms with E-state index >= 15 is 0 Å². The van der Waals surface area contributed by atoms with Crippen molar-refractivity contribution in [2.24, 2.45) is 0 Å². The van der Waals surface area contributed by atoms with E-state index in [1.165, 1.54) is 11.8 Å². The third kappa shape index (κ3) is 4.30. The molecular formula is C26H24N4O3S. The highest BCUT2D eigenvalue weighted by molar-refractivity contribution is 7.99. The van der Waals surface area contributed by atoms with Crippen molar-refractivity contribution < 1.29 is 9.84 Å². The van der Waals surface area contributed by atoms with E-state index in [4.69, 9.17) is 4.74 Å². The molecule has 0 aliphatic carbocycles. The van der Waals surface area contributed by atoms with Gasteiger partial charge in [0, 0.05) is 5.75 Å². The lowest BCUT2D eigenvalue weighted by molar-refractivity contribution is 0.126. The highest BCUT2D eigenvalue weighted by atomic mass is 32.2. The van der Waals surface area contributed by atoms with Crippen molar-refractivity contribution >= 4 is 28.4 Å². The van der Waals surface area contributed by atoms with Gasteiger partial charge in [-0.15, -0.1) is 10.2 Å². The minimum Gasteiger partial charge on any atom is -0.491 e. The highest BCUT2D eigenvalue weighted by Gasteiger charge is 2.19. The fraction of sp³-hybridized carbons (Fsp3) is 0.192. The molecule has 0 aliphatic rings. The number of hydrogen-bond acceptors (Lipinski definition) is 6. The fourth-order valence-electron chi connectivity index (χ4n) is 3.74. The van der Waals surface area contributed by atoms with Gasteiger partial charge in [0.05, 0.1) is 22.7 Å². The molecule has 0 saturated heterocycles. The summed E-state index contributed by atoms with van der Waals surface area (Å²) in [5.74, 6) is 1.51. The molecule has 8 heteroatoms. The van der Waals surface area contributed by atoms with Gasteiger partial charge >= 0.3 is 0 Å². The molecule has 0 saturated carbocycles. The Morgan fingerprint density at radius 1 is 0.941 bits per heavy atom. The number of rotatable bonds is 7. The van der Waals surface area contributed by atoms with Crippen LogP contribution in [0.5, 0.6) is 5.75 Å². The van der Waals surface area contributed by atoms with Gasteiger partial charge in [-0.2, -0.15) is 0 Å². The van der Waals surface area contributed by atoms with Crippen LogP contribution in [-0.4, -0.2) is 42.7 Å². The minimum absolute atomic E-state index is 0.151. The van der Waals surface area contributed by atoms with E-state index in [1.807, 2.05) is 85.0 Å². The van der Waals surface area contributed by atoms with Gasteiger partial charge in [0.25, 0.3) is 5.56 Å². The van der Waals surface area contributed by atoms with Crippen molar-refractivity contribution in [1.29, 1.82) is 0 Å². The summed E-state index contributed by atoms with van der Waals surface area (Å²) in [6, 6.07) is 22.9. The largest absolute Gasteiger partial charge is 0.491 e. The van der Waals surface area contributed by atoms with Gasteiger partial charge in [-0.1, -0.05) is 59.3 Å². The second-order valence-electron chi connectivity index (χ2n) is 8.20. The van der Waals surface area contributed by atoms with Crippen molar-refractivity contribution in [2.75, 3.05) is 12.4 Å². The van der Waals surface area contributed by atoms with Crippen molar-refractivity contribution in [3.63, 3.8) is 0 Å². The Hall–Kier alpha value is -3.62. The number of aromatic nitrogens is 4. The maximum Gasteiger partial charge on any atom is 0.267 e. The van der Waals surface area contributed by atoms with Crippen LogP contribution in [0.4, 0.5) is 0 Å². The zero-order valence-electron chi connectivity index (χ0n) is 18.9. The van der Waals surface area contributed by atoms with Gasteiger partial charge < -0.3 is 9.84 Å². The molecule has 0 radical (unpaired) electrons. The number of aliphatic hydroxyl groups excluding tert-OH is 1. The molecule has 1 atom stereocenters. The standard InChI is InChI=1S/C26H24N4O3S/c1-17-7-11-19(12-8-17)29-24(32)22-5-3-4-6-23(22)30-25(29)27-28-26(30)34-16-20(31)15-33-21-13-9-18(2)10-14-21/h3-14,20,31H,15-16H2,1-2H3. The molecule has 2 aromatic heterocycles. The molecule has 2 heterocycles. The molecule has 1 unspecified atom stereocenters. The summed E-state index contributed by atoms with van der Waals surface area (Å²) in [7, 11) is 0. The van der Waals surface area contributed by atoms with Crippen LogP contribution in [0.25, 0.3) is 22.4 Å². The van der Waals surface area contributed by atoms with E-state index in [0.717, 1.165) is 28.1 Å².